The van der Waals surface area contributed by atoms with Gasteiger partial charge in [-0.25, -0.2) is 4.98 Å². The van der Waals surface area contributed by atoms with E-state index in [4.69, 9.17) is 10.9 Å². The Labute approximate surface area is 120 Å². The van der Waals surface area contributed by atoms with Crippen LogP contribution in [0.25, 0.3) is 0 Å². The molecule has 0 saturated heterocycles. The number of nitrogens with zero attached hydrogens (tertiary/aromatic N) is 3. The number of halogens is 3. The molecule has 0 spiro atoms. The molecule has 1 aromatic heterocycles. The molecule has 0 aliphatic heterocycles. The maximum absolute atomic E-state index is 12.8. The maximum Gasteiger partial charge on any atom is 0.433 e. The van der Waals surface area contributed by atoms with E-state index in [9.17, 15) is 13.2 Å². The van der Waals surface area contributed by atoms with Crippen molar-refractivity contribution in [2.24, 2.45) is 16.8 Å². The van der Waals surface area contributed by atoms with E-state index in [-0.39, 0.29) is 17.2 Å². The molecule has 1 aliphatic carbocycles. The van der Waals surface area contributed by atoms with Gasteiger partial charge in [0.25, 0.3) is 0 Å². The summed E-state index contributed by atoms with van der Waals surface area (Å²) >= 11 is 0. The van der Waals surface area contributed by atoms with Crippen molar-refractivity contribution in [1.82, 2.24) is 4.98 Å². The first kappa shape index (κ1) is 15.4. The number of alkyl halides is 3. The zero-order chi connectivity index (χ0) is 15.6. The Kier molecular flexibility index (Phi) is 4.24. The van der Waals surface area contributed by atoms with E-state index in [2.05, 4.69) is 10.1 Å². The summed E-state index contributed by atoms with van der Waals surface area (Å²) < 4.78 is 38.4. The summed E-state index contributed by atoms with van der Waals surface area (Å²) in [6, 6.07) is 2.01. The summed E-state index contributed by atoms with van der Waals surface area (Å²) in [4.78, 5) is 5.28. The predicted octanol–water partition coefficient (Wildman–Crippen LogP) is 2.43. The van der Waals surface area contributed by atoms with E-state index in [1.54, 1.807) is 11.9 Å². The Morgan fingerprint density at radius 3 is 2.62 bits per heavy atom. The van der Waals surface area contributed by atoms with Crippen LogP contribution in [0.15, 0.2) is 17.3 Å². The molecule has 0 bridgehead atoms. The lowest BCUT2D eigenvalue weighted by Gasteiger charge is -2.31. The standard InChI is InChI=1S/C13H17F3N4O/c1-20(7-8-3-2-4-8)12-9(11(17)19-21)5-6-10(18-12)13(14,15)16/h5-6,8,21H,2-4,7H2,1H3,(H2,17,19). The molecule has 0 amide bonds. The minimum atomic E-state index is -4.53. The number of anilines is 1. The van der Waals surface area contributed by atoms with Crippen LogP contribution in [-0.2, 0) is 6.18 Å². The molecular formula is C13H17F3N4O. The molecule has 3 N–H and O–H groups in total. The van der Waals surface area contributed by atoms with E-state index in [1.807, 2.05) is 0 Å². The summed E-state index contributed by atoms with van der Waals surface area (Å²) in [5, 5.41) is 11.6. The van der Waals surface area contributed by atoms with Gasteiger partial charge in [0.15, 0.2) is 5.84 Å². The van der Waals surface area contributed by atoms with Gasteiger partial charge < -0.3 is 15.8 Å². The lowest BCUT2D eigenvalue weighted by atomic mass is 9.85. The van der Waals surface area contributed by atoms with Crippen molar-refractivity contribution in [1.29, 1.82) is 0 Å². The highest BCUT2D eigenvalue weighted by Gasteiger charge is 2.34. The van der Waals surface area contributed by atoms with Crippen molar-refractivity contribution in [3.8, 4) is 0 Å². The Morgan fingerprint density at radius 1 is 1.48 bits per heavy atom. The fourth-order valence-electron chi connectivity index (χ4n) is 2.30. The first-order valence-electron chi connectivity index (χ1n) is 6.60. The quantitative estimate of drug-likeness (QED) is 0.388. The van der Waals surface area contributed by atoms with Gasteiger partial charge in [0.2, 0.25) is 0 Å². The smallest absolute Gasteiger partial charge is 0.409 e. The third-order valence-corrected chi connectivity index (χ3v) is 3.67. The maximum atomic E-state index is 12.8. The van der Waals surface area contributed by atoms with Crippen molar-refractivity contribution in [2.45, 2.75) is 25.4 Å². The van der Waals surface area contributed by atoms with E-state index in [0.717, 1.165) is 25.3 Å². The molecule has 1 fully saturated rings. The lowest BCUT2D eigenvalue weighted by Crippen LogP contribution is -2.32. The highest BCUT2D eigenvalue weighted by atomic mass is 19.4. The number of oxime groups is 1. The zero-order valence-corrected chi connectivity index (χ0v) is 11.6. The van der Waals surface area contributed by atoms with Gasteiger partial charge in [0.05, 0.1) is 5.56 Å². The van der Waals surface area contributed by atoms with Crippen LogP contribution in [0, 0.1) is 5.92 Å². The minimum Gasteiger partial charge on any atom is -0.409 e. The number of nitrogens with two attached hydrogens (primary N) is 1. The van der Waals surface area contributed by atoms with Gasteiger partial charge in [-0.3, -0.25) is 0 Å². The Bertz CT molecular complexity index is 541. The molecule has 8 heteroatoms. The largest absolute Gasteiger partial charge is 0.433 e. The molecule has 0 aromatic carbocycles. The monoisotopic (exact) mass is 302 g/mol. The number of rotatable bonds is 4. The Hall–Kier alpha value is -1.99. The van der Waals surface area contributed by atoms with Gasteiger partial charge in [0, 0.05) is 13.6 Å². The fourth-order valence-corrected chi connectivity index (χ4v) is 2.30. The van der Waals surface area contributed by atoms with Crippen LogP contribution >= 0.6 is 0 Å². The SMILES string of the molecule is CN(CC1CCC1)c1nc(C(F)(F)F)ccc1C(N)=NO. The molecule has 5 nitrogen and oxygen atoms in total. The molecule has 1 aliphatic rings. The Balaban J connectivity index is 2.37. The van der Waals surface area contributed by atoms with Gasteiger partial charge in [-0.15, -0.1) is 0 Å². The number of amidine groups is 1. The summed E-state index contributed by atoms with van der Waals surface area (Å²) in [7, 11) is 1.66. The predicted molar refractivity (Wildman–Crippen MR) is 72.4 cm³/mol. The van der Waals surface area contributed by atoms with Crippen LogP contribution in [0.1, 0.15) is 30.5 Å². The van der Waals surface area contributed by atoms with Crippen molar-refractivity contribution in [3.05, 3.63) is 23.4 Å². The van der Waals surface area contributed by atoms with Crippen LogP contribution < -0.4 is 10.6 Å². The number of hydrogen-bond acceptors (Lipinski definition) is 4. The molecule has 2 rings (SSSR count). The second kappa shape index (κ2) is 5.79. The first-order chi connectivity index (χ1) is 9.82. The normalized spacial score (nSPS) is 16.7. The second-order valence-electron chi connectivity index (χ2n) is 5.23. The Morgan fingerprint density at radius 2 is 2.14 bits per heavy atom. The highest BCUT2D eigenvalue weighted by Crippen LogP contribution is 2.32. The third kappa shape index (κ3) is 3.37. The summed E-state index contributed by atoms with van der Waals surface area (Å²) in [6.07, 6.45) is -1.28. The first-order valence-corrected chi connectivity index (χ1v) is 6.60. The molecule has 0 radical (unpaired) electrons. The van der Waals surface area contributed by atoms with Crippen LogP contribution in [0.4, 0.5) is 19.0 Å². The highest BCUT2D eigenvalue weighted by molar-refractivity contribution is 6.01. The van der Waals surface area contributed by atoms with Gasteiger partial charge in [0.1, 0.15) is 11.5 Å². The minimum absolute atomic E-state index is 0.0759. The number of pyridine rings is 1. The second-order valence-corrected chi connectivity index (χ2v) is 5.23. The van der Waals surface area contributed by atoms with Gasteiger partial charge in [-0.05, 0) is 30.9 Å². The number of aromatic nitrogens is 1. The summed E-state index contributed by atoms with van der Waals surface area (Å²) in [6.45, 7) is 0.597. The van der Waals surface area contributed by atoms with Crippen LogP contribution in [0.2, 0.25) is 0 Å². The van der Waals surface area contributed by atoms with Gasteiger partial charge >= 0.3 is 6.18 Å². The van der Waals surface area contributed by atoms with E-state index >= 15 is 0 Å². The average molecular weight is 302 g/mol. The molecule has 1 aromatic rings. The van der Waals surface area contributed by atoms with Crippen molar-refractivity contribution >= 4 is 11.7 Å². The average Bonchev–Trinajstić information content (AvgIpc) is 2.40. The summed E-state index contributed by atoms with van der Waals surface area (Å²) in [5.74, 6) is 0.269. The topological polar surface area (TPSA) is 74.7 Å². The molecule has 116 valence electrons. The van der Waals surface area contributed by atoms with Crippen molar-refractivity contribution in [3.63, 3.8) is 0 Å². The molecule has 0 unspecified atom stereocenters. The van der Waals surface area contributed by atoms with Gasteiger partial charge in [-0.1, -0.05) is 11.6 Å². The molecule has 1 heterocycles. The zero-order valence-electron chi connectivity index (χ0n) is 11.6. The van der Waals surface area contributed by atoms with Crippen molar-refractivity contribution < 1.29 is 18.4 Å². The third-order valence-electron chi connectivity index (χ3n) is 3.67. The van der Waals surface area contributed by atoms with E-state index < -0.39 is 11.9 Å². The van der Waals surface area contributed by atoms with E-state index in [0.29, 0.717) is 12.5 Å². The van der Waals surface area contributed by atoms with Crippen LogP contribution in [-0.4, -0.2) is 29.6 Å². The van der Waals surface area contributed by atoms with Crippen LogP contribution in [0.3, 0.4) is 0 Å². The summed E-state index contributed by atoms with van der Waals surface area (Å²) in [5.41, 5.74) is 4.72. The van der Waals surface area contributed by atoms with E-state index in [1.165, 1.54) is 6.07 Å². The van der Waals surface area contributed by atoms with Gasteiger partial charge in [-0.2, -0.15) is 13.2 Å². The molecular weight excluding hydrogens is 285 g/mol. The number of hydrogen-bond donors (Lipinski definition) is 2. The fraction of sp³-hybridized carbons (Fsp3) is 0.538. The van der Waals surface area contributed by atoms with Crippen LogP contribution in [0.5, 0.6) is 0 Å². The molecule has 1 saturated carbocycles. The molecule has 0 atom stereocenters. The molecule has 21 heavy (non-hydrogen) atoms. The lowest BCUT2D eigenvalue weighted by molar-refractivity contribution is -0.141. The van der Waals surface area contributed by atoms with Crippen molar-refractivity contribution in [2.75, 3.05) is 18.5 Å².